The highest BCUT2D eigenvalue weighted by Gasteiger charge is 2.39. The summed E-state index contributed by atoms with van der Waals surface area (Å²) in [6.45, 7) is 1.67. The van der Waals surface area contributed by atoms with Crippen molar-refractivity contribution >= 4 is 17.6 Å². The first-order valence-electron chi connectivity index (χ1n) is 10.6. The van der Waals surface area contributed by atoms with Gasteiger partial charge in [0.2, 0.25) is 0 Å². The number of fused-ring (bicyclic) bond motifs is 1. The van der Waals surface area contributed by atoms with Crippen LogP contribution >= 0.6 is 0 Å². The molecule has 35 heavy (non-hydrogen) atoms. The number of aromatic amines is 1. The van der Waals surface area contributed by atoms with E-state index >= 15 is 0 Å². The Balaban J connectivity index is 1.42. The van der Waals surface area contributed by atoms with Crippen molar-refractivity contribution in [1.29, 1.82) is 0 Å². The Morgan fingerprint density at radius 1 is 1.09 bits per heavy atom. The molecule has 6 rings (SSSR count). The number of aromatic nitrogens is 7. The number of rotatable bonds is 4. The zero-order valence-corrected chi connectivity index (χ0v) is 18.2. The van der Waals surface area contributed by atoms with Gasteiger partial charge in [-0.05, 0) is 42.8 Å². The summed E-state index contributed by atoms with van der Waals surface area (Å²) >= 11 is 0. The van der Waals surface area contributed by atoms with Gasteiger partial charge in [0.25, 0.3) is 0 Å². The number of benzene rings is 1. The first-order chi connectivity index (χ1) is 17.0. The third kappa shape index (κ3) is 3.46. The van der Waals surface area contributed by atoms with Crippen molar-refractivity contribution in [3.05, 3.63) is 78.1 Å². The lowest BCUT2D eigenvalue weighted by Crippen LogP contribution is -2.29. The van der Waals surface area contributed by atoms with E-state index < -0.39 is 23.8 Å². The molecule has 1 atom stereocenters. The predicted molar refractivity (Wildman–Crippen MR) is 119 cm³/mol. The number of H-pyrrole nitrogens is 1. The van der Waals surface area contributed by atoms with Crippen LogP contribution in [0.5, 0.6) is 0 Å². The van der Waals surface area contributed by atoms with Gasteiger partial charge in [-0.25, -0.2) is 33.0 Å². The van der Waals surface area contributed by atoms with Crippen molar-refractivity contribution in [2.24, 2.45) is 0 Å². The topological polar surface area (TPSA) is 114 Å². The standard InChI is InChI=1S/C23H16F2N8O2/c1-12-2-5-16(24)20(29-12)18-10-35-23(34)33(18)19-6-7-32-22(30-19)15(9-28-32)13-3-4-14(17(25)8-13)21-26-11-27-31-21/h2-9,11,18H,10H2,1H3,(H,26,27,31)/t18-/m1/s1. The van der Waals surface area contributed by atoms with Crippen LogP contribution in [0, 0.1) is 18.6 Å². The second kappa shape index (κ2) is 7.94. The van der Waals surface area contributed by atoms with Crippen LogP contribution in [-0.4, -0.2) is 47.5 Å². The molecule has 1 aliphatic rings. The van der Waals surface area contributed by atoms with Crippen molar-refractivity contribution in [3.63, 3.8) is 0 Å². The van der Waals surface area contributed by atoms with Gasteiger partial charge in [-0.1, -0.05) is 6.07 Å². The number of amides is 1. The normalized spacial score (nSPS) is 15.7. The van der Waals surface area contributed by atoms with E-state index in [0.29, 0.717) is 22.5 Å². The van der Waals surface area contributed by atoms with Gasteiger partial charge in [0, 0.05) is 17.5 Å². The van der Waals surface area contributed by atoms with Gasteiger partial charge in [-0.15, -0.1) is 0 Å². The Morgan fingerprint density at radius 2 is 1.97 bits per heavy atom. The molecule has 0 unspecified atom stereocenters. The average Bonchev–Trinajstić information content (AvgIpc) is 3.60. The van der Waals surface area contributed by atoms with E-state index in [2.05, 4.69) is 30.2 Å². The fraction of sp³-hybridized carbons (Fsp3) is 0.130. The minimum atomic E-state index is -0.790. The largest absolute Gasteiger partial charge is 0.446 e. The first-order valence-corrected chi connectivity index (χ1v) is 10.6. The quantitative estimate of drug-likeness (QED) is 0.421. The molecule has 5 heterocycles. The van der Waals surface area contributed by atoms with Gasteiger partial charge in [0.15, 0.2) is 11.5 Å². The van der Waals surface area contributed by atoms with Crippen LogP contribution in [0.15, 0.2) is 55.1 Å². The van der Waals surface area contributed by atoms with E-state index in [-0.39, 0.29) is 29.5 Å². The fourth-order valence-corrected chi connectivity index (χ4v) is 4.07. The molecule has 174 valence electrons. The van der Waals surface area contributed by atoms with Crippen LogP contribution in [0.1, 0.15) is 17.4 Å². The predicted octanol–water partition coefficient (Wildman–Crippen LogP) is 3.86. The van der Waals surface area contributed by atoms with E-state index in [4.69, 9.17) is 4.74 Å². The first kappa shape index (κ1) is 20.8. The zero-order valence-electron chi connectivity index (χ0n) is 18.2. The third-order valence-corrected chi connectivity index (χ3v) is 5.74. The SMILES string of the molecule is Cc1ccc(F)c([C@H]2COC(=O)N2c2ccn3ncc(-c4ccc(-c5nc[nH]n5)c(F)c4)c3n2)n1. The molecule has 0 radical (unpaired) electrons. The summed E-state index contributed by atoms with van der Waals surface area (Å²) in [5.74, 6) is -0.587. The highest BCUT2D eigenvalue weighted by Crippen LogP contribution is 2.34. The summed E-state index contributed by atoms with van der Waals surface area (Å²) in [4.78, 5) is 26.7. The minimum Gasteiger partial charge on any atom is -0.446 e. The van der Waals surface area contributed by atoms with E-state index in [1.807, 2.05) is 0 Å². The van der Waals surface area contributed by atoms with Crippen LogP contribution in [0.2, 0.25) is 0 Å². The van der Waals surface area contributed by atoms with Gasteiger partial charge in [0.05, 0.1) is 11.8 Å². The highest BCUT2D eigenvalue weighted by atomic mass is 19.1. The molecule has 12 heteroatoms. The smallest absolute Gasteiger partial charge is 0.416 e. The lowest BCUT2D eigenvalue weighted by atomic mass is 10.1. The van der Waals surface area contributed by atoms with E-state index in [0.717, 1.165) is 0 Å². The number of ether oxygens (including phenoxy) is 1. The zero-order chi connectivity index (χ0) is 24.1. The second-order valence-corrected chi connectivity index (χ2v) is 7.91. The summed E-state index contributed by atoms with van der Waals surface area (Å²) in [7, 11) is 0. The van der Waals surface area contributed by atoms with Crippen molar-refractivity contribution in [2.45, 2.75) is 13.0 Å². The number of anilines is 1. The molecule has 1 amide bonds. The Hall–Kier alpha value is -4.74. The number of hydrogen-bond donors (Lipinski definition) is 1. The van der Waals surface area contributed by atoms with E-state index in [9.17, 15) is 13.6 Å². The molecule has 1 fully saturated rings. The number of carbonyl (C=O) groups excluding carboxylic acids is 1. The molecular formula is C23H16F2N8O2. The maximum absolute atomic E-state index is 14.8. The molecule has 4 aromatic heterocycles. The monoisotopic (exact) mass is 474 g/mol. The molecule has 0 spiro atoms. The number of hydrogen-bond acceptors (Lipinski definition) is 7. The van der Waals surface area contributed by atoms with Crippen LogP contribution in [0.25, 0.3) is 28.2 Å². The van der Waals surface area contributed by atoms with Gasteiger partial charge in [-0.2, -0.15) is 10.2 Å². The van der Waals surface area contributed by atoms with Gasteiger partial charge >= 0.3 is 6.09 Å². The Kier molecular flexibility index (Phi) is 4.73. The molecule has 1 saturated heterocycles. The highest BCUT2D eigenvalue weighted by molar-refractivity contribution is 5.90. The molecule has 1 N–H and O–H groups in total. The fourth-order valence-electron chi connectivity index (χ4n) is 4.07. The maximum atomic E-state index is 14.8. The molecule has 1 aromatic carbocycles. The van der Waals surface area contributed by atoms with E-state index in [1.165, 1.54) is 27.9 Å². The maximum Gasteiger partial charge on any atom is 0.416 e. The van der Waals surface area contributed by atoms with E-state index in [1.54, 1.807) is 43.6 Å². The summed E-state index contributed by atoms with van der Waals surface area (Å²) in [6, 6.07) is 8.26. The number of halogens is 2. The number of nitrogens with zero attached hydrogens (tertiary/aromatic N) is 7. The van der Waals surface area contributed by atoms with Crippen molar-refractivity contribution in [2.75, 3.05) is 11.5 Å². The van der Waals surface area contributed by atoms with Gasteiger partial charge in [0.1, 0.15) is 42.1 Å². The van der Waals surface area contributed by atoms with Crippen molar-refractivity contribution < 1.29 is 18.3 Å². The van der Waals surface area contributed by atoms with Gasteiger partial charge in [-0.3, -0.25) is 10.1 Å². The number of aryl methyl sites for hydroxylation is 1. The summed E-state index contributed by atoms with van der Waals surface area (Å²) in [6.07, 6.45) is 3.86. The van der Waals surface area contributed by atoms with Crippen LogP contribution in [0.3, 0.4) is 0 Å². The summed E-state index contributed by atoms with van der Waals surface area (Å²) < 4.78 is 36.1. The average molecular weight is 474 g/mol. The van der Waals surface area contributed by atoms with Gasteiger partial charge < -0.3 is 4.74 Å². The molecule has 0 bridgehead atoms. The lowest BCUT2D eigenvalue weighted by Gasteiger charge is -2.20. The number of carbonyl (C=O) groups is 1. The summed E-state index contributed by atoms with van der Waals surface area (Å²) in [5.41, 5.74) is 2.39. The number of cyclic esters (lactones) is 1. The summed E-state index contributed by atoms with van der Waals surface area (Å²) in [5, 5.41) is 10.8. The molecule has 10 nitrogen and oxygen atoms in total. The Morgan fingerprint density at radius 3 is 2.77 bits per heavy atom. The Bertz CT molecular complexity index is 1580. The van der Waals surface area contributed by atoms with Crippen LogP contribution in [-0.2, 0) is 4.74 Å². The molecule has 5 aromatic rings. The van der Waals surface area contributed by atoms with Crippen molar-refractivity contribution in [1.82, 2.24) is 34.8 Å². The molecule has 0 aliphatic carbocycles. The molecular weight excluding hydrogens is 458 g/mol. The minimum absolute atomic E-state index is 0.0704. The lowest BCUT2D eigenvalue weighted by molar-refractivity contribution is 0.178. The second-order valence-electron chi connectivity index (χ2n) is 7.91. The Labute approximate surface area is 196 Å². The van der Waals surface area contributed by atoms with Crippen LogP contribution < -0.4 is 4.90 Å². The number of pyridine rings is 1. The van der Waals surface area contributed by atoms with Crippen molar-refractivity contribution in [3.8, 4) is 22.5 Å². The number of nitrogens with one attached hydrogen (secondary N) is 1. The molecule has 0 saturated carbocycles. The third-order valence-electron chi connectivity index (χ3n) is 5.74. The van der Waals surface area contributed by atoms with Crippen LogP contribution in [0.4, 0.5) is 19.4 Å². The molecule has 1 aliphatic heterocycles.